The zero-order valence-electron chi connectivity index (χ0n) is 20.9. The number of halogens is 1. The first kappa shape index (κ1) is 24.9. The van der Waals surface area contributed by atoms with Crippen molar-refractivity contribution < 1.29 is 23.1 Å². The quantitative estimate of drug-likeness (QED) is 0.537. The predicted molar refractivity (Wildman–Crippen MR) is 139 cm³/mol. The van der Waals surface area contributed by atoms with Crippen molar-refractivity contribution in [3.63, 3.8) is 0 Å². The van der Waals surface area contributed by atoms with Gasteiger partial charge in [-0.25, -0.2) is 9.71 Å². The van der Waals surface area contributed by atoms with Crippen LogP contribution in [0.5, 0.6) is 5.75 Å². The van der Waals surface area contributed by atoms with Crippen LogP contribution in [-0.2, 0) is 14.8 Å². The molecule has 1 atom stereocenters. The number of nitrogens with zero attached hydrogens (tertiary/aromatic N) is 2. The summed E-state index contributed by atoms with van der Waals surface area (Å²) < 4.78 is 34.7. The number of aliphatic hydroxyl groups is 1. The van der Waals surface area contributed by atoms with Crippen molar-refractivity contribution in [3.05, 3.63) is 47.0 Å². The van der Waals surface area contributed by atoms with Gasteiger partial charge >= 0.3 is 0 Å². The molecule has 3 aliphatic carbocycles. The zero-order valence-corrected chi connectivity index (χ0v) is 22.4. The Morgan fingerprint density at radius 1 is 1.16 bits per heavy atom. The summed E-state index contributed by atoms with van der Waals surface area (Å²) >= 11 is 6.27. The SMILES string of the molecule is CC1(O)CCN(c2cccc(S(=O)(=O)NC(=O)C3(Oc4cc(Cl)ccc4C4CC5(CCC5)C4)CC3)n2)C1. The molecule has 37 heavy (non-hydrogen) atoms. The number of rotatable bonds is 7. The van der Waals surface area contributed by atoms with Gasteiger partial charge in [0.2, 0.25) is 0 Å². The molecule has 1 saturated heterocycles. The Morgan fingerprint density at radius 2 is 1.92 bits per heavy atom. The highest BCUT2D eigenvalue weighted by Crippen LogP contribution is 2.63. The van der Waals surface area contributed by atoms with Crippen LogP contribution in [-0.4, -0.2) is 48.7 Å². The van der Waals surface area contributed by atoms with Crippen molar-refractivity contribution in [1.29, 1.82) is 0 Å². The largest absolute Gasteiger partial charge is 0.477 e. The number of pyridine rings is 1. The van der Waals surface area contributed by atoms with Gasteiger partial charge in [-0.3, -0.25) is 4.79 Å². The van der Waals surface area contributed by atoms with Crippen LogP contribution in [0.15, 0.2) is 41.4 Å². The number of benzene rings is 1. The molecule has 1 aromatic heterocycles. The third kappa shape index (κ3) is 4.70. The molecule has 0 bridgehead atoms. The molecule has 1 spiro atoms. The number of sulfonamides is 1. The molecule has 6 rings (SSSR count). The van der Waals surface area contributed by atoms with Crippen LogP contribution in [0.3, 0.4) is 0 Å². The lowest BCUT2D eigenvalue weighted by molar-refractivity contribution is -0.128. The van der Waals surface area contributed by atoms with E-state index in [1.54, 1.807) is 25.1 Å². The third-order valence-corrected chi connectivity index (χ3v) is 10.1. The topological polar surface area (TPSA) is 109 Å². The van der Waals surface area contributed by atoms with Gasteiger partial charge in [0.15, 0.2) is 10.6 Å². The Labute approximate surface area is 222 Å². The molecule has 2 heterocycles. The molecule has 1 aliphatic heterocycles. The van der Waals surface area contributed by atoms with Gasteiger partial charge in [0, 0.05) is 31.0 Å². The van der Waals surface area contributed by atoms with Crippen LogP contribution in [0.1, 0.15) is 69.8 Å². The average Bonchev–Trinajstić information content (AvgIpc) is 3.48. The highest BCUT2D eigenvalue weighted by atomic mass is 35.5. The number of ether oxygens (including phenoxy) is 1. The molecule has 8 nitrogen and oxygen atoms in total. The van der Waals surface area contributed by atoms with E-state index >= 15 is 0 Å². The zero-order chi connectivity index (χ0) is 26.1. The predicted octanol–water partition coefficient (Wildman–Crippen LogP) is 4.16. The summed E-state index contributed by atoms with van der Waals surface area (Å²) in [5.74, 6) is 0.684. The van der Waals surface area contributed by atoms with E-state index in [0.29, 0.717) is 60.3 Å². The molecule has 0 radical (unpaired) electrons. The Balaban J connectivity index is 1.17. The second kappa shape index (κ2) is 8.58. The van der Waals surface area contributed by atoms with Crippen molar-refractivity contribution in [1.82, 2.24) is 9.71 Å². The Kier molecular flexibility index (Phi) is 5.78. The average molecular weight is 546 g/mol. The number of hydrogen-bond donors (Lipinski definition) is 2. The fraction of sp³-hybridized carbons (Fsp3) is 0.556. The van der Waals surface area contributed by atoms with Crippen LogP contribution < -0.4 is 14.4 Å². The maximum Gasteiger partial charge on any atom is 0.281 e. The number of carbonyl (C=O) groups excluding carboxylic acids is 1. The molecule has 2 aromatic rings. The molecule has 1 amide bonds. The fourth-order valence-corrected chi connectivity index (χ4v) is 7.23. The molecular formula is C27H32ClN3O5S. The first-order valence-electron chi connectivity index (χ1n) is 13.0. The van der Waals surface area contributed by atoms with Gasteiger partial charge < -0.3 is 14.7 Å². The number of β-amino-alcohol motifs (C(OH)–C–C–N with tert-alkyl or cyclic N) is 1. The minimum atomic E-state index is -4.22. The molecule has 4 fully saturated rings. The van der Waals surface area contributed by atoms with E-state index < -0.39 is 27.1 Å². The maximum absolute atomic E-state index is 13.2. The summed E-state index contributed by atoms with van der Waals surface area (Å²) in [7, 11) is -4.22. The van der Waals surface area contributed by atoms with E-state index in [2.05, 4.69) is 9.71 Å². The summed E-state index contributed by atoms with van der Waals surface area (Å²) in [5.41, 5.74) is -0.566. The van der Waals surface area contributed by atoms with Crippen LogP contribution >= 0.6 is 11.6 Å². The fourth-order valence-electron chi connectivity index (χ4n) is 6.06. The first-order valence-corrected chi connectivity index (χ1v) is 14.8. The number of hydrogen-bond acceptors (Lipinski definition) is 7. The van der Waals surface area contributed by atoms with Gasteiger partial charge in [0.05, 0.1) is 5.60 Å². The normalized spacial score (nSPS) is 25.9. The summed E-state index contributed by atoms with van der Waals surface area (Å²) in [5, 5.41) is 10.5. The van der Waals surface area contributed by atoms with Gasteiger partial charge in [0.25, 0.3) is 15.9 Å². The second-order valence-corrected chi connectivity index (χ2v) is 13.7. The lowest BCUT2D eigenvalue weighted by Crippen LogP contribution is -2.44. The van der Waals surface area contributed by atoms with E-state index in [0.717, 1.165) is 18.4 Å². The minimum absolute atomic E-state index is 0.246. The van der Waals surface area contributed by atoms with Crippen molar-refractivity contribution in [2.45, 2.75) is 80.4 Å². The van der Waals surface area contributed by atoms with Gasteiger partial charge in [0.1, 0.15) is 11.6 Å². The lowest BCUT2D eigenvalue weighted by atomic mass is 9.50. The number of aromatic nitrogens is 1. The van der Waals surface area contributed by atoms with Gasteiger partial charge in [-0.2, -0.15) is 8.42 Å². The molecule has 10 heteroatoms. The third-order valence-electron chi connectivity index (χ3n) is 8.60. The van der Waals surface area contributed by atoms with Crippen LogP contribution in [0.2, 0.25) is 5.02 Å². The van der Waals surface area contributed by atoms with Crippen LogP contribution in [0.4, 0.5) is 5.82 Å². The standard InChI is InChI=1S/C27H32ClN3O5S/c1-25(33)12-13-31(17-25)22-4-2-5-23(29-22)37(34,35)30-24(32)27(10-11-27)36-21-14-19(28)6-7-20(21)18-15-26(16-18)8-3-9-26/h2,4-7,14,18,33H,3,8-13,15-17H2,1H3,(H,30,32). The van der Waals surface area contributed by atoms with E-state index in [-0.39, 0.29) is 5.03 Å². The molecule has 1 aromatic carbocycles. The lowest BCUT2D eigenvalue weighted by Gasteiger charge is -2.54. The van der Waals surface area contributed by atoms with Crippen molar-refractivity contribution in [3.8, 4) is 5.75 Å². The highest BCUT2D eigenvalue weighted by molar-refractivity contribution is 7.90. The highest BCUT2D eigenvalue weighted by Gasteiger charge is 2.55. The first-order chi connectivity index (χ1) is 17.5. The summed E-state index contributed by atoms with van der Waals surface area (Å²) in [6.07, 6.45) is 7.50. The Bertz CT molecular complexity index is 1350. The van der Waals surface area contributed by atoms with E-state index in [4.69, 9.17) is 16.3 Å². The molecule has 1 unspecified atom stereocenters. The van der Waals surface area contributed by atoms with Gasteiger partial charge in [-0.15, -0.1) is 0 Å². The number of nitrogens with one attached hydrogen (secondary N) is 1. The Morgan fingerprint density at radius 3 is 2.54 bits per heavy atom. The minimum Gasteiger partial charge on any atom is -0.477 e. The van der Waals surface area contributed by atoms with Crippen LogP contribution in [0, 0.1) is 5.41 Å². The molecule has 2 N–H and O–H groups in total. The smallest absolute Gasteiger partial charge is 0.281 e. The van der Waals surface area contributed by atoms with E-state index in [9.17, 15) is 18.3 Å². The van der Waals surface area contributed by atoms with Crippen molar-refractivity contribution >= 4 is 33.3 Å². The number of carbonyl (C=O) groups is 1. The summed E-state index contributed by atoms with van der Waals surface area (Å²) in [6.45, 7) is 2.67. The van der Waals surface area contributed by atoms with Gasteiger partial charge in [-0.05, 0) is 80.2 Å². The monoisotopic (exact) mass is 545 g/mol. The van der Waals surface area contributed by atoms with Crippen molar-refractivity contribution in [2.24, 2.45) is 5.41 Å². The Hall–Kier alpha value is -2.36. The molecule has 4 aliphatic rings. The van der Waals surface area contributed by atoms with Crippen molar-refractivity contribution in [2.75, 3.05) is 18.0 Å². The molecular weight excluding hydrogens is 514 g/mol. The van der Waals surface area contributed by atoms with E-state index in [1.807, 2.05) is 17.0 Å². The van der Waals surface area contributed by atoms with Gasteiger partial charge in [-0.1, -0.05) is 30.2 Å². The molecule has 198 valence electrons. The maximum atomic E-state index is 13.2. The van der Waals surface area contributed by atoms with Crippen LogP contribution in [0.25, 0.3) is 0 Å². The summed E-state index contributed by atoms with van der Waals surface area (Å²) in [6, 6.07) is 10.2. The molecule has 3 saturated carbocycles. The number of amides is 1. The second-order valence-electron chi connectivity index (χ2n) is 11.7. The summed E-state index contributed by atoms with van der Waals surface area (Å²) in [4.78, 5) is 19.4. The number of anilines is 1. The van der Waals surface area contributed by atoms with E-state index in [1.165, 1.54) is 25.3 Å².